The Hall–Kier alpha value is -1.69. The quantitative estimate of drug-likeness (QED) is 0.636. The molecule has 1 atom stereocenters. The number of amides is 1. The highest BCUT2D eigenvalue weighted by Crippen LogP contribution is 2.21. The molecule has 1 aromatic rings. The van der Waals surface area contributed by atoms with Crippen molar-refractivity contribution in [1.29, 1.82) is 0 Å². The minimum Gasteiger partial charge on any atom is -0.352 e. The number of nitrogens with one attached hydrogen (secondary N) is 1. The average molecular weight is 389 g/mol. The van der Waals surface area contributed by atoms with Gasteiger partial charge in [-0.25, -0.2) is 0 Å². The lowest BCUT2D eigenvalue weighted by atomic mass is 10.1. The predicted octanol–water partition coefficient (Wildman–Crippen LogP) is 3.22. The Morgan fingerprint density at radius 2 is 2.04 bits per heavy atom. The van der Waals surface area contributed by atoms with Crippen LogP contribution in [-0.4, -0.2) is 65.9 Å². The van der Waals surface area contributed by atoms with E-state index in [0.29, 0.717) is 11.8 Å². The van der Waals surface area contributed by atoms with E-state index in [4.69, 9.17) is 0 Å². The van der Waals surface area contributed by atoms with Gasteiger partial charge in [0.05, 0.1) is 0 Å². The summed E-state index contributed by atoms with van der Waals surface area (Å²) in [5.41, 5.74) is 1.92. The van der Waals surface area contributed by atoms with Crippen LogP contribution >= 0.6 is 11.8 Å². The van der Waals surface area contributed by atoms with Gasteiger partial charge in [-0.05, 0) is 43.4 Å². The highest BCUT2D eigenvalue weighted by atomic mass is 32.2. The standard InChI is InChI=1S/C21H32N4OS/c1-3-19-16-25(12-13-27-19)21(22-2)23-15-17-8-7-9-18(14-17)20(26)24-10-5-4-6-11-24/h7-9,14,19H,3-6,10-13,15-16H2,1-2H3,(H,22,23). The third-order valence-electron chi connectivity index (χ3n) is 5.37. The van der Waals surface area contributed by atoms with E-state index in [1.165, 1.54) is 12.8 Å². The smallest absolute Gasteiger partial charge is 0.253 e. The second-order valence-corrected chi connectivity index (χ2v) is 8.71. The van der Waals surface area contributed by atoms with Gasteiger partial charge >= 0.3 is 0 Å². The maximum Gasteiger partial charge on any atom is 0.253 e. The van der Waals surface area contributed by atoms with E-state index in [0.717, 1.165) is 61.9 Å². The van der Waals surface area contributed by atoms with Gasteiger partial charge in [-0.1, -0.05) is 19.1 Å². The molecule has 3 rings (SSSR count). The number of likely N-dealkylation sites (tertiary alicyclic amines) is 1. The van der Waals surface area contributed by atoms with Crippen LogP contribution in [0.3, 0.4) is 0 Å². The van der Waals surface area contributed by atoms with Crippen molar-refractivity contribution in [3.8, 4) is 0 Å². The summed E-state index contributed by atoms with van der Waals surface area (Å²) in [6.07, 6.45) is 4.67. The van der Waals surface area contributed by atoms with E-state index in [-0.39, 0.29) is 5.91 Å². The summed E-state index contributed by atoms with van der Waals surface area (Å²) in [5, 5.41) is 4.17. The van der Waals surface area contributed by atoms with E-state index in [2.05, 4.69) is 40.0 Å². The molecule has 2 aliphatic heterocycles. The van der Waals surface area contributed by atoms with Gasteiger partial charge in [-0.15, -0.1) is 0 Å². The number of benzene rings is 1. The largest absolute Gasteiger partial charge is 0.352 e. The van der Waals surface area contributed by atoms with Crippen LogP contribution in [0.25, 0.3) is 0 Å². The Morgan fingerprint density at radius 1 is 1.22 bits per heavy atom. The molecule has 148 valence electrons. The Bertz CT molecular complexity index is 657. The first kappa shape index (κ1) is 20.1. The lowest BCUT2D eigenvalue weighted by molar-refractivity contribution is 0.0724. The molecule has 1 unspecified atom stereocenters. The molecule has 2 aliphatic rings. The summed E-state index contributed by atoms with van der Waals surface area (Å²) in [7, 11) is 1.85. The third kappa shape index (κ3) is 5.41. The number of guanidine groups is 1. The van der Waals surface area contributed by atoms with Crippen LogP contribution in [0.1, 0.15) is 48.5 Å². The molecule has 2 heterocycles. The molecule has 0 aromatic heterocycles. The Labute approximate surface area is 167 Å². The number of nitrogens with zero attached hydrogens (tertiary/aromatic N) is 3. The first-order valence-corrected chi connectivity index (χ1v) is 11.2. The van der Waals surface area contributed by atoms with Crippen LogP contribution < -0.4 is 5.32 Å². The maximum absolute atomic E-state index is 12.7. The van der Waals surface area contributed by atoms with Crippen molar-refractivity contribution in [1.82, 2.24) is 15.1 Å². The highest BCUT2D eigenvalue weighted by Gasteiger charge is 2.22. The Morgan fingerprint density at radius 3 is 2.78 bits per heavy atom. The fourth-order valence-corrected chi connectivity index (χ4v) is 4.95. The molecule has 0 saturated carbocycles. The van der Waals surface area contributed by atoms with E-state index in [1.54, 1.807) is 0 Å². The van der Waals surface area contributed by atoms with Crippen LogP contribution in [0.4, 0.5) is 0 Å². The molecule has 1 N–H and O–H groups in total. The van der Waals surface area contributed by atoms with E-state index in [1.807, 2.05) is 30.1 Å². The summed E-state index contributed by atoms with van der Waals surface area (Å²) in [4.78, 5) is 21.6. The number of rotatable bonds is 4. The van der Waals surface area contributed by atoms with Crippen molar-refractivity contribution >= 4 is 23.6 Å². The molecule has 6 heteroatoms. The van der Waals surface area contributed by atoms with Gasteiger partial charge in [0, 0.05) is 56.3 Å². The normalized spacial score (nSPS) is 21.3. The molecular formula is C21H32N4OS. The maximum atomic E-state index is 12.7. The molecule has 1 aromatic carbocycles. The predicted molar refractivity (Wildman–Crippen MR) is 115 cm³/mol. The first-order chi connectivity index (χ1) is 13.2. The number of piperidine rings is 1. The fourth-order valence-electron chi connectivity index (χ4n) is 3.77. The Balaban J connectivity index is 1.59. The zero-order valence-corrected chi connectivity index (χ0v) is 17.4. The van der Waals surface area contributed by atoms with E-state index >= 15 is 0 Å². The van der Waals surface area contributed by atoms with Crippen LogP contribution in [0.5, 0.6) is 0 Å². The van der Waals surface area contributed by atoms with E-state index in [9.17, 15) is 4.79 Å². The van der Waals surface area contributed by atoms with Crippen molar-refractivity contribution in [2.24, 2.45) is 4.99 Å². The molecule has 1 amide bonds. The van der Waals surface area contributed by atoms with Crippen molar-refractivity contribution in [2.75, 3.05) is 39.0 Å². The zero-order chi connectivity index (χ0) is 19.1. The number of hydrogen-bond acceptors (Lipinski definition) is 3. The van der Waals surface area contributed by atoms with Crippen LogP contribution in [0.15, 0.2) is 29.3 Å². The number of carbonyl (C=O) groups is 1. The molecule has 2 saturated heterocycles. The van der Waals surface area contributed by atoms with Gasteiger partial charge < -0.3 is 15.1 Å². The van der Waals surface area contributed by atoms with Crippen molar-refractivity contribution < 1.29 is 4.79 Å². The highest BCUT2D eigenvalue weighted by molar-refractivity contribution is 8.00. The van der Waals surface area contributed by atoms with Gasteiger partial charge in [0.15, 0.2) is 5.96 Å². The minimum atomic E-state index is 0.166. The van der Waals surface area contributed by atoms with Gasteiger partial charge in [0.2, 0.25) is 0 Å². The molecule has 0 radical (unpaired) electrons. The van der Waals surface area contributed by atoms with Crippen molar-refractivity contribution in [2.45, 2.75) is 44.4 Å². The molecule has 2 fully saturated rings. The first-order valence-electron chi connectivity index (χ1n) is 10.2. The van der Waals surface area contributed by atoms with Crippen molar-refractivity contribution in [3.05, 3.63) is 35.4 Å². The molecular weight excluding hydrogens is 356 g/mol. The third-order valence-corrected chi connectivity index (χ3v) is 6.75. The van der Waals surface area contributed by atoms with Crippen LogP contribution in [-0.2, 0) is 6.54 Å². The zero-order valence-electron chi connectivity index (χ0n) is 16.6. The van der Waals surface area contributed by atoms with Gasteiger partial charge in [-0.2, -0.15) is 11.8 Å². The van der Waals surface area contributed by atoms with E-state index < -0.39 is 0 Å². The lowest BCUT2D eigenvalue weighted by Crippen LogP contribution is -2.47. The van der Waals surface area contributed by atoms with Crippen LogP contribution in [0, 0.1) is 0 Å². The van der Waals surface area contributed by atoms with Gasteiger partial charge in [-0.3, -0.25) is 9.79 Å². The van der Waals surface area contributed by atoms with Crippen LogP contribution in [0.2, 0.25) is 0 Å². The SMILES string of the molecule is CCC1CN(C(=NC)NCc2cccc(C(=O)N3CCCCC3)c2)CCS1. The molecule has 0 bridgehead atoms. The number of aliphatic imine (C=N–C) groups is 1. The molecule has 0 spiro atoms. The summed E-state index contributed by atoms with van der Waals surface area (Å²) in [6, 6.07) is 8.02. The average Bonchev–Trinajstić information content (AvgIpc) is 2.74. The Kier molecular flexibility index (Phi) is 7.44. The molecule has 5 nitrogen and oxygen atoms in total. The molecule has 27 heavy (non-hydrogen) atoms. The van der Waals surface area contributed by atoms with Gasteiger partial charge in [0.25, 0.3) is 5.91 Å². The number of carbonyl (C=O) groups excluding carboxylic acids is 1. The topological polar surface area (TPSA) is 47.9 Å². The van der Waals surface area contributed by atoms with Gasteiger partial charge in [0.1, 0.15) is 0 Å². The second kappa shape index (κ2) is 10.0. The summed E-state index contributed by atoms with van der Waals surface area (Å²) in [5.74, 6) is 2.28. The summed E-state index contributed by atoms with van der Waals surface area (Å²) < 4.78 is 0. The number of hydrogen-bond donors (Lipinski definition) is 1. The van der Waals surface area contributed by atoms with Crippen molar-refractivity contribution in [3.63, 3.8) is 0 Å². The minimum absolute atomic E-state index is 0.166. The monoisotopic (exact) mass is 388 g/mol. The number of thioether (sulfide) groups is 1. The summed E-state index contributed by atoms with van der Waals surface area (Å²) >= 11 is 2.06. The fraction of sp³-hybridized carbons (Fsp3) is 0.619. The summed E-state index contributed by atoms with van der Waals surface area (Å²) in [6.45, 7) is 6.80. The second-order valence-electron chi connectivity index (χ2n) is 7.30. The lowest BCUT2D eigenvalue weighted by Gasteiger charge is -2.34. The molecule has 0 aliphatic carbocycles.